The third kappa shape index (κ3) is 3.31. The highest BCUT2D eigenvalue weighted by molar-refractivity contribution is 7.13. The van der Waals surface area contributed by atoms with E-state index in [9.17, 15) is 4.79 Å². The van der Waals surface area contributed by atoms with Crippen LogP contribution in [-0.2, 0) is 16.0 Å². The number of ether oxygens (including phenoxy) is 1. The first kappa shape index (κ1) is 15.9. The fraction of sp³-hybridized carbons (Fsp3) is 0.294. The third-order valence-corrected chi connectivity index (χ3v) is 4.79. The van der Waals surface area contributed by atoms with Gasteiger partial charge in [-0.05, 0) is 12.8 Å². The highest BCUT2D eigenvalue weighted by atomic mass is 32.1. The molecule has 8 heteroatoms. The van der Waals surface area contributed by atoms with Crippen LogP contribution in [0.25, 0.3) is 11.3 Å². The van der Waals surface area contributed by atoms with Gasteiger partial charge in [0.2, 0.25) is 5.13 Å². The quantitative estimate of drug-likeness (QED) is 0.756. The minimum Gasteiger partial charge on any atom is -0.365 e. The summed E-state index contributed by atoms with van der Waals surface area (Å²) in [5.74, 6) is 0.396. The van der Waals surface area contributed by atoms with Crippen molar-refractivity contribution in [2.24, 2.45) is 0 Å². The molecule has 0 unspecified atom stereocenters. The molecule has 0 bridgehead atoms. The Hall–Kier alpha value is -2.58. The minimum absolute atomic E-state index is 0.223. The fourth-order valence-corrected chi connectivity index (χ4v) is 3.40. The molecule has 1 saturated heterocycles. The molecule has 1 aliphatic heterocycles. The maximum Gasteiger partial charge on any atom is 0.258 e. The van der Waals surface area contributed by atoms with Crippen molar-refractivity contribution in [2.45, 2.75) is 24.9 Å². The van der Waals surface area contributed by atoms with E-state index in [1.165, 1.54) is 11.3 Å². The summed E-state index contributed by atoms with van der Waals surface area (Å²) < 4.78 is 11.3. The summed E-state index contributed by atoms with van der Waals surface area (Å²) in [7, 11) is 0. The second-order valence-corrected chi connectivity index (χ2v) is 6.70. The average molecular weight is 356 g/mol. The predicted octanol–water partition coefficient (Wildman–Crippen LogP) is 2.92. The Balaban J connectivity index is 1.54. The standard InChI is InChI=1S/C17H16N4O3S/c22-15(19-16-20-18-11-25-16)17(7-4-8-23-17)10-13-9-14(21-24-13)12-5-2-1-3-6-12/h1-3,5-6,9,11H,4,7-8,10H2,(H,19,20,22)/t17-/m0/s1. The van der Waals surface area contributed by atoms with Gasteiger partial charge in [-0.25, -0.2) is 0 Å². The SMILES string of the molecule is O=C(Nc1nncs1)[C@@]1(Cc2cc(-c3ccccc3)no2)CCCO1. The molecular weight excluding hydrogens is 340 g/mol. The van der Waals surface area contributed by atoms with E-state index in [2.05, 4.69) is 20.7 Å². The van der Waals surface area contributed by atoms with Crippen LogP contribution in [0.4, 0.5) is 5.13 Å². The number of hydrogen-bond donors (Lipinski definition) is 1. The van der Waals surface area contributed by atoms with Crippen LogP contribution in [0.15, 0.2) is 46.4 Å². The van der Waals surface area contributed by atoms with Gasteiger partial charge < -0.3 is 9.26 Å². The molecule has 4 rings (SSSR count). The molecule has 0 spiro atoms. The minimum atomic E-state index is -0.959. The smallest absolute Gasteiger partial charge is 0.258 e. The van der Waals surface area contributed by atoms with Gasteiger partial charge in [-0.1, -0.05) is 46.8 Å². The van der Waals surface area contributed by atoms with E-state index in [-0.39, 0.29) is 5.91 Å². The van der Waals surface area contributed by atoms with Crippen LogP contribution in [0.3, 0.4) is 0 Å². The van der Waals surface area contributed by atoms with E-state index >= 15 is 0 Å². The summed E-state index contributed by atoms with van der Waals surface area (Å²) in [4.78, 5) is 12.8. The zero-order valence-corrected chi connectivity index (χ0v) is 14.2. The van der Waals surface area contributed by atoms with E-state index in [0.29, 0.717) is 30.3 Å². The zero-order chi connectivity index (χ0) is 17.1. The van der Waals surface area contributed by atoms with Crippen molar-refractivity contribution >= 4 is 22.4 Å². The van der Waals surface area contributed by atoms with Crippen LogP contribution >= 0.6 is 11.3 Å². The van der Waals surface area contributed by atoms with Gasteiger partial charge in [0, 0.05) is 24.7 Å². The highest BCUT2D eigenvalue weighted by Crippen LogP contribution is 2.32. The number of nitrogens with one attached hydrogen (secondary N) is 1. The monoisotopic (exact) mass is 356 g/mol. The molecule has 1 aliphatic rings. The summed E-state index contributed by atoms with van der Waals surface area (Å²) in [5.41, 5.74) is 2.32. The van der Waals surface area contributed by atoms with Crippen LogP contribution in [0.2, 0.25) is 0 Å². The molecule has 128 valence electrons. The van der Waals surface area contributed by atoms with Crippen molar-refractivity contribution in [3.8, 4) is 11.3 Å². The number of carbonyl (C=O) groups is 1. The second kappa shape index (κ2) is 6.73. The summed E-state index contributed by atoms with van der Waals surface area (Å²) >= 11 is 1.27. The van der Waals surface area contributed by atoms with Gasteiger partial charge in [0.1, 0.15) is 17.0 Å². The average Bonchev–Trinajstić information content (AvgIpc) is 3.38. The lowest BCUT2D eigenvalue weighted by Crippen LogP contribution is -2.44. The van der Waals surface area contributed by atoms with Gasteiger partial charge in [-0.2, -0.15) is 0 Å². The van der Waals surface area contributed by atoms with Crippen molar-refractivity contribution in [1.82, 2.24) is 15.4 Å². The number of amides is 1. The number of carbonyl (C=O) groups excluding carboxylic acids is 1. The number of anilines is 1. The maximum atomic E-state index is 12.8. The van der Waals surface area contributed by atoms with Gasteiger partial charge in [-0.3, -0.25) is 10.1 Å². The second-order valence-electron chi connectivity index (χ2n) is 5.87. The Morgan fingerprint density at radius 1 is 1.32 bits per heavy atom. The number of aromatic nitrogens is 3. The molecule has 3 aromatic rings. The first-order valence-electron chi connectivity index (χ1n) is 7.98. The highest BCUT2D eigenvalue weighted by Gasteiger charge is 2.44. The molecule has 25 heavy (non-hydrogen) atoms. The third-order valence-electron chi connectivity index (χ3n) is 4.19. The summed E-state index contributed by atoms with van der Waals surface area (Å²) in [6.45, 7) is 0.545. The maximum absolute atomic E-state index is 12.8. The molecule has 0 radical (unpaired) electrons. The number of rotatable bonds is 5. The first-order valence-corrected chi connectivity index (χ1v) is 8.86. The fourth-order valence-electron chi connectivity index (χ4n) is 2.96. The molecular formula is C17H16N4O3S. The van der Waals surface area contributed by atoms with Crippen LogP contribution in [-0.4, -0.2) is 33.5 Å². The van der Waals surface area contributed by atoms with Crippen molar-refractivity contribution in [3.63, 3.8) is 0 Å². The predicted molar refractivity (Wildman–Crippen MR) is 92.1 cm³/mol. The lowest BCUT2D eigenvalue weighted by atomic mass is 9.93. The van der Waals surface area contributed by atoms with Gasteiger partial charge in [-0.15, -0.1) is 10.2 Å². The normalized spacial score (nSPS) is 19.8. The molecule has 1 N–H and O–H groups in total. The summed E-state index contributed by atoms with van der Waals surface area (Å²) in [6.07, 6.45) is 1.78. The molecule has 1 aromatic carbocycles. The Bertz CT molecular complexity index is 842. The van der Waals surface area contributed by atoms with Crippen molar-refractivity contribution in [2.75, 3.05) is 11.9 Å². The Morgan fingerprint density at radius 3 is 2.92 bits per heavy atom. The molecule has 1 fully saturated rings. The molecule has 0 saturated carbocycles. The van der Waals surface area contributed by atoms with Crippen LogP contribution in [0.5, 0.6) is 0 Å². The lowest BCUT2D eigenvalue weighted by Gasteiger charge is -2.25. The van der Waals surface area contributed by atoms with Crippen LogP contribution in [0.1, 0.15) is 18.6 Å². The van der Waals surface area contributed by atoms with Gasteiger partial charge in [0.25, 0.3) is 5.91 Å². The van der Waals surface area contributed by atoms with Gasteiger partial charge >= 0.3 is 0 Å². The Labute approximate surface area is 148 Å². The number of benzene rings is 1. The number of hydrogen-bond acceptors (Lipinski definition) is 7. The lowest BCUT2D eigenvalue weighted by molar-refractivity contribution is -0.136. The van der Waals surface area contributed by atoms with Crippen LogP contribution < -0.4 is 5.32 Å². The van der Waals surface area contributed by atoms with Crippen LogP contribution in [0, 0.1) is 0 Å². The van der Waals surface area contributed by atoms with E-state index in [1.807, 2.05) is 36.4 Å². The van der Waals surface area contributed by atoms with E-state index in [0.717, 1.165) is 17.7 Å². The number of nitrogens with zero attached hydrogens (tertiary/aromatic N) is 3. The largest absolute Gasteiger partial charge is 0.365 e. The van der Waals surface area contributed by atoms with Crippen molar-refractivity contribution in [3.05, 3.63) is 47.7 Å². The van der Waals surface area contributed by atoms with E-state index in [1.54, 1.807) is 5.51 Å². The topological polar surface area (TPSA) is 90.1 Å². The van der Waals surface area contributed by atoms with Gasteiger partial charge in [0.15, 0.2) is 5.60 Å². The molecule has 7 nitrogen and oxygen atoms in total. The van der Waals surface area contributed by atoms with Crippen molar-refractivity contribution < 1.29 is 14.1 Å². The Morgan fingerprint density at radius 2 is 2.20 bits per heavy atom. The zero-order valence-electron chi connectivity index (χ0n) is 13.3. The first-order chi connectivity index (χ1) is 12.3. The molecule has 2 aromatic heterocycles. The Kier molecular flexibility index (Phi) is 4.29. The summed E-state index contributed by atoms with van der Waals surface area (Å²) in [5, 5.41) is 14.9. The molecule has 1 atom stereocenters. The molecule has 3 heterocycles. The molecule has 1 amide bonds. The van der Waals surface area contributed by atoms with Gasteiger partial charge in [0.05, 0.1) is 0 Å². The molecule has 0 aliphatic carbocycles. The summed E-state index contributed by atoms with van der Waals surface area (Å²) in [6, 6.07) is 11.6. The van der Waals surface area contributed by atoms with E-state index in [4.69, 9.17) is 9.26 Å². The van der Waals surface area contributed by atoms with Crippen molar-refractivity contribution in [1.29, 1.82) is 0 Å². The van der Waals surface area contributed by atoms with E-state index < -0.39 is 5.60 Å².